The fourth-order valence-electron chi connectivity index (χ4n) is 2.02. The number of anilines is 1. The van der Waals surface area contributed by atoms with Crippen molar-refractivity contribution in [1.29, 1.82) is 0 Å². The molecular formula is C17H13ClN4O2. The molecule has 3 aromatic rings. The molecule has 2 aromatic heterocycles. The second-order valence-electron chi connectivity index (χ2n) is 5.02. The molecule has 6 nitrogen and oxygen atoms in total. The standard InChI is InChI=1S/C17H13ClN4O2/c1-11-2-3-21-16(4-11)22-17(23)12-5-13(18)7-14(6-12)24-15-8-19-10-20-9-15/h2-10H,1H3,(H,21,22,23). The van der Waals surface area contributed by atoms with Gasteiger partial charge in [-0.1, -0.05) is 11.6 Å². The van der Waals surface area contributed by atoms with Gasteiger partial charge >= 0.3 is 0 Å². The molecule has 0 radical (unpaired) electrons. The van der Waals surface area contributed by atoms with Gasteiger partial charge in [0, 0.05) is 16.8 Å². The number of benzene rings is 1. The third-order valence-electron chi connectivity index (χ3n) is 3.06. The number of nitrogens with one attached hydrogen (secondary N) is 1. The molecule has 24 heavy (non-hydrogen) atoms. The van der Waals surface area contributed by atoms with E-state index in [1.54, 1.807) is 30.5 Å². The summed E-state index contributed by atoms with van der Waals surface area (Å²) in [7, 11) is 0. The highest BCUT2D eigenvalue weighted by Gasteiger charge is 2.11. The first-order valence-electron chi connectivity index (χ1n) is 7.07. The summed E-state index contributed by atoms with van der Waals surface area (Å²) in [4.78, 5) is 24.2. The molecule has 0 atom stereocenters. The van der Waals surface area contributed by atoms with E-state index in [2.05, 4.69) is 20.3 Å². The Morgan fingerprint density at radius 3 is 2.67 bits per heavy atom. The number of amides is 1. The van der Waals surface area contributed by atoms with E-state index in [0.29, 0.717) is 27.9 Å². The maximum atomic E-state index is 12.4. The largest absolute Gasteiger partial charge is 0.454 e. The lowest BCUT2D eigenvalue weighted by atomic mass is 10.2. The minimum absolute atomic E-state index is 0.329. The predicted molar refractivity (Wildman–Crippen MR) is 90.5 cm³/mol. The smallest absolute Gasteiger partial charge is 0.257 e. The van der Waals surface area contributed by atoms with Gasteiger partial charge < -0.3 is 10.1 Å². The first kappa shape index (κ1) is 15.9. The van der Waals surface area contributed by atoms with Gasteiger partial charge in [-0.25, -0.2) is 15.0 Å². The number of hydrogen-bond donors (Lipinski definition) is 1. The fourth-order valence-corrected chi connectivity index (χ4v) is 2.25. The van der Waals surface area contributed by atoms with Crippen LogP contribution in [0.2, 0.25) is 5.02 Å². The molecule has 0 aliphatic rings. The molecule has 0 spiro atoms. The van der Waals surface area contributed by atoms with E-state index < -0.39 is 0 Å². The number of pyridine rings is 1. The number of aryl methyl sites for hydroxylation is 1. The normalized spacial score (nSPS) is 10.2. The van der Waals surface area contributed by atoms with Crippen LogP contribution >= 0.6 is 11.6 Å². The van der Waals surface area contributed by atoms with Gasteiger partial charge in [0.2, 0.25) is 0 Å². The molecule has 0 fully saturated rings. The van der Waals surface area contributed by atoms with Crippen molar-refractivity contribution in [3.8, 4) is 11.5 Å². The van der Waals surface area contributed by atoms with Crippen molar-refractivity contribution in [3.63, 3.8) is 0 Å². The van der Waals surface area contributed by atoms with Crippen LogP contribution in [0.1, 0.15) is 15.9 Å². The Bertz CT molecular complexity index is 871. The summed E-state index contributed by atoms with van der Waals surface area (Å²) in [5.74, 6) is 1.01. The zero-order valence-corrected chi connectivity index (χ0v) is 13.5. The Kier molecular flexibility index (Phi) is 4.67. The van der Waals surface area contributed by atoms with Gasteiger partial charge in [0.05, 0.1) is 12.4 Å². The van der Waals surface area contributed by atoms with Crippen LogP contribution in [-0.2, 0) is 0 Å². The molecule has 0 bridgehead atoms. The van der Waals surface area contributed by atoms with Crippen LogP contribution in [0.25, 0.3) is 0 Å². The topological polar surface area (TPSA) is 77.0 Å². The van der Waals surface area contributed by atoms with Crippen molar-refractivity contribution in [1.82, 2.24) is 15.0 Å². The highest BCUT2D eigenvalue weighted by molar-refractivity contribution is 6.31. The van der Waals surface area contributed by atoms with Crippen LogP contribution in [-0.4, -0.2) is 20.9 Å². The summed E-state index contributed by atoms with van der Waals surface area (Å²) in [6, 6.07) is 8.38. The molecule has 1 aromatic carbocycles. The Hall–Kier alpha value is -2.99. The third-order valence-corrected chi connectivity index (χ3v) is 3.28. The van der Waals surface area contributed by atoms with E-state index >= 15 is 0 Å². The minimum atomic E-state index is -0.329. The fraction of sp³-hybridized carbons (Fsp3) is 0.0588. The average Bonchev–Trinajstić information content (AvgIpc) is 2.55. The number of ether oxygens (including phenoxy) is 1. The molecule has 0 aliphatic heterocycles. The van der Waals surface area contributed by atoms with Crippen molar-refractivity contribution >= 4 is 23.3 Å². The van der Waals surface area contributed by atoms with E-state index in [1.165, 1.54) is 18.7 Å². The van der Waals surface area contributed by atoms with Crippen molar-refractivity contribution in [2.75, 3.05) is 5.32 Å². The van der Waals surface area contributed by atoms with E-state index in [0.717, 1.165) is 5.56 Å². The van der Waals surface area contributed by atoms with Crippen molar-refractivity contribution < 1.29 is 9.53 Å². The monoisotopic (exact) mass is 340 g/mol. The first-order valence-corrected chi connectivity index (χ1v) is 7.45. The summed E-state index contributed by atoms with van der Waals surface area (Å²) in [6.07, 6.45) is 6.07. The summed E-state index contributed by atoms with van der Waals surface area (Å²) in [5.41, 5.74) is 1.36. The van der Waals surface area contributed by atoms with E-state index in [9.17, 15) is 4.79 Å². The first-order chi connectivity index (χ1) is 11.6. The second kappa shape index (κ2) is 7.06. The Labute approximate surface area is 143 Å². The molecule has 1 N–H and O–H groups in total. The number of hydrogen-bond acceptors (Lipinski definition) is 5. The average molecular weight is 341 g/mol. The maximum absolute atomic E-state index is 12.4. The van der Waals surface area contributed by atoms with Crippen LogP contribution in [0, 0.1) is 6.92 Å². The number of carbonyl (C=O) groups is 1. The predicted octanol–water partition coefficient (Wildman–Crippen LogP) is 3.88. The Morgan fingerprint density at radius 1 is 1.12 bits per heavy atom. The van der Waals surface area contributed by atoms with Crippen LogP contribution in [0.15, 0.2) is 55.2 Å². The summed E-state index contributed by atoms with van der Waals surface area (Å²) in [6.45, 7) is 1.92. The van der Waals surface area contributed by atoms with Crippen molar-refractivity contribution in [3.05, 3.63) is 71.4 Å². The molecule has 0 unspecified atom stereocenters. The van der Waals surface area contributed by atoms with Gasteiger partial charge in [-0.3, -0.25) is 4.79 Å². The lowest BCUT2D eigenvalue weighted by Crippen LogP contribution is -2.13. The number of nitrogens with zero attached hydrogens (tertiary/aromatic N) is 3. The van der Waals surface area contributed by atoms with Crippen LogP contribution < -0.4 is 10.1 Å². The Balaban J connectivity index is 1.81. The van der Waals surface area contributed by atoms with Crippen molar-refractivity contribution in [2.45, 2.75) is 6.92 Å². The summed E-state index contributed by atoms with van der Waals surface area (Å²) < 4.78 is 5.61. The highest BCUT2D eigenvalue weighted by atomic mass is 35.5. The molecular weight excluding hydrogens is 328 g/mol. The van der Waals surface area contributed by atoms with Gasteiger partial charge in [0.25, 0.3) is 5.91 Å². The lowest BCUT2D eigenvalue weighted by Gasteiger charge is -2.09. The van der Waals surface area contributed by atoms with Crippen LogP contribution in [0.5, 0.6) is 11.5 Å². The molecule has 7 heteroatoms. The quantitative estimate of drug-likeness (QED) is 0.780. The van der Waals surface area contributed by atoms with Gasteiger partial charge in [-0.15, -0.1) is 0 Å². The van der Waals surface area contributed by atoms with Gasteiger partial charge in [-0.2, -0.15) is 0 Å². The second-order valence-corrected chi connectivity index (χ2v) is 5.46. The summed E-state index contributed by atoms with van der Waals surface area (Å²) >= 11 is 6.08. The molecule has 120 valence electrons. The highest BCUT2D eigenvalue weighted by Crippen LogP contribution is 2.25. The third kappa shape index (κ3) is 4.05. The molecule has 0 saturated carbocycles. The molecule has 2 heterocycles. The molecule has 0 aliphatic carbocycles. The number of rotatable bonds is 4. The van der Waals surface area contributed by atoms with Gasteiger partial charge in [0.15, 0.2) is 5.75 Å². The van der Waals surface area contributed by atoms with Crippen LogP contribution in [0.3, 0.4) is 0 Å². The van der Waals surface area contributed by atoms with Gasteiger partial charge in [0.1, 0.15) is 17.9 Å². The molecule has 3 rings (SSSR count). The lowest BCUT2D eigenvalue weighted by molar-refractivity contribution is 0.102. The zero-order chi connectivity index (χ0) is 16.9. The maximum Gasteiger partial charge on any atom is 0.257 e. The Morgan fingerprint density at radius 2 is 1.92 bits per heavy atom. The number of carbonyl (C=O) groups excluding carboxylic acids is 1. The van der Waals surface area contributed by atoms with Crippen LogP contribution in [0.4, 0.5) is 5.82 Å². The van der Waals surface area contributed by atoms with E-state index in [4.69, 9.17) is 16.3 Å². The zero-order valence-electron chi connectivity index (χ0n) is 12.7. The molecule has 0 saturated heterocycles. The summed E-state index contributed by atoms with van der Waals surface area (Å²) in [5, 5.41) is 3.11. The SMILES string of the molecule is Cc1ccnc(NC(=O)c2cc(Cl)cc(Oc3cncnc3)c2)c1. The van der Waals surface area contributed by atoms with E-state index in [1.807, 2.05) is 13.0 Å². The minimum Gasteiger partial charge on any atom is -0.454 e. The van der Waals surface area contributed by atoms with E-state index in [-0.39, 0.29) is 5.91 Å². The van der Waals surface area contributed by atoms with Gasteiger partial charge in [-0.05, 0) is 42.8 Å². The molecule has 1 amide bonds. The number of aromatic nitrogens is 3. The van der Waals surface area contributed by atoms with Crippen molar-refractivity contribution in [2.24, 2.45) is 0 Å². The number of halogens is 1.